The number of nitrogens with one attached hydrogen (secondary N) is 1. The average Bonchev–Trinajstić information content (AvgIpc) is 2.34. The fraction of sp³-hybridized carbons (Fsp3) is 0.917. The van der Waals surface area contributed by atoms with Gasteiger partial charge in [0.2, 0.25) is 5.91 Å². The third-order valence-electron chi connectivity index (χ3n) is 3.08. The largest absolute Gasteiger partial charge is 0.396 e. The van der Waals surface area contributed by atoms with Gasteiger partial charge >= 0.3 is 0 Å². The number of aliphatic hydroxyl groups excluding tert-OH is 1. The summed E-state index contributed by atoms with van der Waals surface area (Å²) in [6, 6.07) is 0. The van der Waals surface area contributed by atoms with Gasteiger partial charge in [0.05, 0.1) is 0 Å². The Bertz CT molecular complexity index is 202. The lowest BCUT2D eigenvalue weighted by Gasteiger charge is -2.21. The zero-order valence-corrected chi connectivity index (χ0v) is 10.1. The molecule has 1 amide bonds. The van der Waals surface area contributed by atoms with Crippen LogP contribution in [0.4, 0.5) is 0 Å². The maximum atomic E-state index is 11.5. The summed E-state index contributed by atoms with van der Waals surface area (Å²) in [5.74, 6) is 0.897. The van der Waals surface area contributed by atoms with Gasteiger partial charge in [-0.2, -0.15) is 0 Å². The molecule has 1 aliphatic rings. The number of hydrogen-bond donors (Lipinski definition) is 2. The van der Waals surface area contributed by atoms with Crippen molar-refractivity contribution in [3.63, 3.8) is 0 Å². The molecular weight excluding hydrogens is 206 g/mol. The number of aliphatic hydroxyl groups is 1. The second-order valence-electron chi connectivity index (χ2n) is 4.69. The fourth-order valence-corrected chi connectivity index (χ4v) is 1.81. The first kappa shape index (κ1) is 13.5. The zero-order chi connectivity index (χ0) is 11.8. The Hall–Kier alpha value is -0.610. The van der Waals surface area contributed by atoms with Crippen LogP contribution in [0.3, 0.4) is 0 Å². The number of carbonyl (C=O) groups excluding carboxylic acids is 1. The van der Waals surface area contributed by atoms with E-state index in [2.05, 4.69) is 5.32 Å². The number of amides is 1. The number of carbonyl (C=O) groups is 1. The third kappa shape index (κ3) is 5.47. The highest BCUT2D eigenvalue weighted by Gasteiger charge is 2.15. The van der Waals surface area contributed by atoms with Crippen molar-refractivity contribution in [3.8, 4) is 0 Å². The highest BCUT2D eigenvalue weighted by molar-refractivity contribution is 5.75. The molecule has 16 heavy (non-hydrogen) atoms. The first-order valence-electron chi connectivity index (χ1n) is 6.17. The van der Waals surface area contributed by atoms with E-state index in [1.165, 1.54) is 0 Å². The molecule has 0 aromatic rings. The molecule has 0 aromatic carbocycles. The van der Waals surface area contributed by atoms with Crippen molar-refractivity contribution in [1.82, 2.24) is 5.32 Å². The third-order valence-corrected chi connectivity index (χ3v) is 3.08. The lowest BCUT2D eigenvalue weighted by molar-refractivity contribution is -0.121. The maximum Gasteiger partial charge on any atom is 0.220 e. The van der Waals surface area contributed by atoms with Gasteiger partial charge in [-0.25, -0.2) is 0 Å². The average molecular weight is 229 g/mol. The van der Waals surface area contributed by atoms with E-state index in [1.807, 2.05) is 6.92 Å². The normalized spacial score (nSPS) is 19.4. The lowest BCUT2D eigenvalue weighted by atomic mass is 9.95. The van der Waals surface area contributed by atoms with Crippen LogP contribution in [0.15, 0.2) is 0 Å². The second-order valence-corrected chi connectivity index (χ2v) is 4.69. The Morgan fingerprint density at radius 1 is 1.50 bits per heavy atom. The van der Waals surface area contributed by atoms with Crippen molar-refractivity contribution in [1.29, 1.82) is 0 Å². The molecule has 2 N–H and O–H groups in total. The molecule has 0 saturated carbocycles. The molecule has 0 radical (unpaired) electrons. The number of ether oxygens (including phenoxy) is 1. The van der Waals surface area contributed by atoms with Crippen LogP contribution in [-0.2, 0) is 9.53 Å². The number of hydrogen-bond acceptors (Lipinski definition) is 3. The minimum absolute atomic E-state index is 0.104. The standard InChI is InChI=1S/C12H23NO3/c1-10(9-14)8-13-12(15)3-2-11-4-6-16-7-5-11/h10-11,14H,2-9H2,1H3,(H,13,15). The molecule has 4 nitrogen and oxygen atoms in total. The second kappa shape index (κ2) is 7.63. The van der Waals surface area contributed by atoms with Gasteiger partial charge in [0, 0.05) is 32.8 Å². The van der Waals surface area contributed by atoms with Gasteiger partial charge in [-0.1, -0.05) is 6.92 Å². The summed E-state index contributed by atoms with van der Waals surface area (Å²) >= 11 is 0. The summed E-state index contributed by atoms with van der Waals surface area (Å²) in [7, 11) is 0. The van der Waals surface area contributed by atoms with E-state index in [1.54, 1.807) is 0 Å². The minimum Gasteiger partial charge on any atom is -0.396 e. The van der Waals surface area contributed by atoms with Gasteiger partial charge in [-0.3, -0.25) is 4.79 Å². The van der Waals surface area contributed by atoms with Gasteiger partial charge in [0.15, 0.2) is 0 Å². The summed E-state index contributed by atoms with van der Waals surface area (Å²) < 4.78 is 5.27. The van der Waals surface area contributed by atoms with Crippen molar-refractivity contribution >= 4 is 5.91 Å². The summed E-state index contributed by atoms with van der Waals surface area (Å²) in [6.45, 7) is 4.30. The quantitative estimate of drug-likeness (QED) is 0.712. The van der Waals surface area contributed by atoms with Crippen LogP contribution in [0, 0.1) is 11.8 Å². The van der Waals surface area contributed by atoms with Crippen LogP contribution >= 0.6 is 0 Å². The first-order valence-corrected chi connectivity index (χ1v) is 6.17. The Kier molecular flexibility index (Phi) is 6.42. The topological polar surface area (TPSA) is 58.6 Å². The monoisotopic (exact) mass is 229 g/mol. The van der Waals surface area contributed by atoms with E-state index in [4.69, 9.17) is 9.84 Å². The molecule has 1 aliphatic heterocycles. The Morgan fingerprint density at radius 2 is 2.19 bits per heavy atom. The van der Waals surface area contributed by atoms with E-state index in [-0.39, 0.29) is 18.4 Å². The summed E-state index contributed by atoms with van der Waals surface area (Å²) in [6.07, 6.45) is 3.73. The first-order chi connectivity index (χ1) is 7.72. The molecule has 94 valence electrons. The summed E-state index contributed by atoms with van der Waals surface area (Å²) in [5.41, 5.74) is 0. The molecule has 1 heterocycles. The van der Waals surface area contributed by atoms with Crippen molar-refractivity contribution in [3.05, 3.63) is 0 Å². The zero-order valence-electron chi connectivity index (χ0n) is 10.1. The molecule has 0 bridgehead atoms. The smallest absolute Gasteiger partial charge is 0.220 e. The Morgan fingerprint density at radius 3 is 2.81 bits per heavy atom. The van der Waals surface area contributed by atoms with Crippen LogP contribution in [-0.4, -0.2) is 37.4 Å². The van der Waals surface area contributed by atoms with E-state index in [0.717, 1.165) is 32.5 Å². The molecule has 1 unspecified atom stereocenters. The Labute approximate surface area is 97.4 Å². The van der Waals surface area contributed by atoms with E-state index in [9.17, 15) is 4.79 Å². The highest BCUT2D eigenvalue weighted by Crippen LogP contribution is 2.19. The lowest BCUT2D eigenvalue weighted by Crippen LogP contribution is -2.30. The molecule has 0 spiro atoms. The molecule has 0 aromatic heterocycles. The van der Waals surface area contributed by atoms with Gasteiger partial charge in [0.25, 0.3) is 0 Å². The van der Waals surface area contributed by atoms with Crippen molar-refractivity contribution in [2.75, 3.05) is 26.4 Å². The van der Waals surface area contributed by atoms with Gasteiger partial charge in [-0.15, -0.1) is 0 Å². The van der Waals surface area contributed by atoms with Crippen molar-refractivity contribution in [2.24, 2.45) is 11.8 Å². The maximum absolute atomic E-state index is 11.5. The highest BCUT2D eigenvalue weighted by atomic mass is 16.5. The van der Waals surface area contributed by atoms with Crippen LogP contribution in [0.25, 0.3) is 0 Å². The van der Waals surface area contributed by atoms with E-state index in [0.29, 0.717) is 18.9 Å². The Balaban J connectivity index is 2.05. The predicted molar refractivity (Wildman–Crippen MR) is 62.0 cm³/mol. The van der Waals surface area contributed by atoms with E-state index >= 15 is 0 Å². The van der Waals surface area contributed by atoms with Crippen molar-refractivity contribution < 1.29 is 14.6 Å². The molecule has 1 atom stereocenters. The van der Waals surface area contributed by atoms with Crippen LogP contribution in [0.5, 0.6) is 0 Å². The van der Waals surface area contributed by atoms with Crippen LogP contribution in [0.1, 0.15) is 32.6 Å². The minimum atomic E-state index is 0.104. The molecule has 1 rings (SSSR count). The fourth-order valence-electron chi connectivity index (χ4n) is 1.81. The summed E-state index contributed by atoms with van der Waals surface area (Å²) in [5, 5.41) is 11.7. The molecule has 1 fully saturated rings. The van der Waals surface area contributed by atoms with Gasteiger partial charge < -0.3 is 15.2 Å². The molecule has 4 heteroatoms. The van der Waals surface area contributed by atoms with Gasteiger partial charge in [-0.05, 0) is 31.1 Å². The predicted octanol–water partition coefficient (Wildman–Crippen LogP) is 0.938. The molecule has 0 aliphatic carbocycles. The molecule has 1 saturated heterocycles. The van der Waals surface area contributed by atoms with Gasteiger partial charge in [0.1, 0.15) is 0 Å². The van der Waals surface area contributed by atoms with Crippen LogP contribution in [0.2, 0.25) is 0 Å². The van der Waals surface area contributed by atoms with Crippen LogP contribution < -0.4 is 5.32 Å². The number of rotatable bonds is 6. The van der Waals surface area contributed by atoms with Crippen molar-refractivity contribution in [2.45, 2.75) is 32.6 Å². The summed E-state index contributed by atoms with van der Waals surface area (Å²) in [4.78, 5) is 11.5. The SMILES string of the molecule is CC(CO)CNC(=O)CCC1CCOCC1. The molecular formula is C12H23NO3. The van der Waals surface area contributed by atoms with E-state index < -0.39 is 0 Å².